The Morgan fingerprint density at radius 2 is 1.72 bits per heavy atom. The van der Waals surface area contributed by atoms with E-state index in [0.717, 1.165) is 43.4 Å². The summed E-state index contributed by atoms with van der Waals surface area (Å²) in [7, 11) is 1.76. The summed E-state index contributed by atoms with van der Waals surface area (Å²) >= 11 is 0. The van der Waals surface area contributed by atoms with Crippen LogP contribution < -0.4 is 15.4 Å². The van der Waals surface area contributed by atoms with Gasteiger partial charge < -0.3 is 20.3 Å². The number of guanidine groups is 1. The second-order valence-corrected chi connectivity index (χ2v) is 8.76. The molecule has 1 atom stereocenters. The number of nitrogens with zero attached hydrogens (tertiary/aromatic N) is 2. The van der Waals surface area contributed by atoms with Crippen LogP contribution in [0.5, 0.6) is 5.75 Å². The van der Waals surface area contributed by atoms with E-state index in [1.165, 1.54) is 11.1 Å². The van der Waals surface area contributed by atoms with Crippen LogP contribution in [0.15, 0.2) is 53.5 Å². The van der Waals surface area contributed by atoms with E-state index in [0.29, 0.717) is 18.9 Å². The Bertz CT molecular complexity index is 883. The predicted molar refractivity (Wildman–Crippen MR) is 130 cm³/mol. The Hall–Kier alpha value is -3.02. The second-order valence-electron chi connectivity index (χ2n) is 8.76. The molecule has 0 aliphatic carbocycles. The lowest BCUT2D eigenvalue weighted by Gasteiger charge is -2.19. The predicted octanol–water partition coefficient (Wildman–Crippen LogP) is 4.27. The summed E-state index contributed by atoms with van der Waals surface area (Å²) in [5, 5.41) is 6.73. The standard InChI is InChI=1S/C26H36N4O2/c1-19(2)18-32-24-13-11-21(12-14-24)20(3)29-26(27-4)28-15-7-10-25(31)30-16-22-8-5-6-9-23(22)17-30/h5-6,8-9,11-14,19-20H,7,10,15-18H2,1-4H3,(H2,27,28,29). The van der Waals surface area contributed by atoms with Gasteiger partial charge in [0.05, 0.1) is 12.6 Å². The van der Waals surface area contributed by atoms with Gasteiger partial charge >= 0.3 is 0 Å². The quantitative estimate of drug-likeness (QED) is 0.350. The van der Waals surface area contributed by atoms with Crippen molar-refractivity contribution in [2.75, 3.05) is 20.2 Å². The number of hydrogen-bond acceptors (Lipinski definition) is 3. The second kappa shape index (κ2) is 11.6. The van der Waals surface area contributed by atoms with E-state index in [1.54, 1.807) is 7.05 Å². The van der Waals surface area contributed by atoms with Crippen molar-refractivity contribution in [2.45, 2.75) is 52.7 Å². The van der Waals surface area contributed by atoms with Crippen LogP contribution in [-0.2, 0) is 17.9 Å². The molecule has 1 unspecified atom stereocenters. The molecule has 0 aromatic heterocycles. The maximum absolute atomic E-state index is 12.5. The molecule has 3 rings (SSSR count). The topological polar surface area (TPSA) is 66.0 Å². The van der Waals surface area contributed by atoms with Gasteiger partial charge in [0.1, 0.15) is 5.75 Å². The molecule has 2 aromatic rings. The first-order valence-electron chi connectivity index (χ1n) is 11.5. The first-order chi connectivity index (χ1) is 15.5. The lowest BCUT2D eigenvalue weighted by molar-refractivity contribution is -0.131. The minimum atomic E-state index is 0.102. The van der Waals surface area contributed by atoms with Crippen LogP contribution in [0, 0.1) is 5.92 Å². The number of hydrogen-bond donors (Lipinski definition) is 2. The first-order valence-corrected chi connectivity index (χ1v) is 11.5. The minimum absolute atomic E-state index is 0.102. The van der Waals surface area contributed by atoms with Gasteiger partial charge in [0.15, 0.2) is 5.96 Å². The molecule has 1 aliphatic heterocycles. The Balaban J connectivity index is 1.38. The van der Waals surface area contributed by atoms with E-state index in [2.05, 4.69) is 60.7 Å². The fourth-order valence-corrected chi connectivity index (χ4v) is 3.71. The lowest BCUT2D eigenvalue weighted by atomic mass is 10.1. The number of carbonyl (C=O) groups excluding carboxylic acids is 1. The Labute approximate surface area is 192 Å². The summed E-state index contributed by atoms with van der Waals surface area (Å²) in [5.74, 6) is 2.34. The third-order valence-corrected chi connectivity index (χ3v) is 5.59. The van der Waals surface area contributed by atoms with Crippen LogP contribution in [-0.4, -0.2) is 37.0 Å². The number of benzene rings is 2. The van der Waals surface area contributed by atoms with Gasteiger partial charge in [-0.1, -0.05) is 50.2 Å². The number of carbonyl (C=O) groups is 1. The lowest BCUT2D eigenvalue weighted by Crippen LogP contribution is -2.39. The van der Waals surface area contributed by atoms with Gasteiger partial charge in [-0.05, 0) is 48.1 Å². The molecule has 1 heterocycles. The molecule has 0 saturated carbocycles. The van der Waals surface area contributed by atoms with E-state index in [9.17, 15) is 4.79 Å². The van der Waals surface area contributed by atoms with E-state index in [4.69, 9.17) is 4.74 Å². The van der Waals surface area contributed by atoms with Crippen LogP contribution in [0.25, 0.3) is 0 Å². The molecule has 0 bridgehead atoms. The molecule has 0 saturated heterocycles. The van der Waals surface area contributed by atoms with Crippen molar-refractivity contribution < 1.29 is 9.53 Å². The van der Waals surface area contributed by atoms with Crippen LogP contribution in [0.1, 0.15) is 56.3 Å². The molecule has 6 nitrogen and oxygen atoms in total. The largest absolute Gasteiger partial charge is 0.493 e. The average Bonchev–Trinajstić information content (AvgIpc) is 3.24. The van der Waals surface area contributed by atoms with Gasteiger partial charge in [-0.3, -0.25) is 9.79 Å². The molecule has 6 heteroatoms. The van der Waals surface area contributed by atoms with Gasteiger partial charge in [-0.25, -0.2) is 0 Å². The highest BCUT2D eigenvalue weighted by atomic mass is 16.5. The third kappa shape index (κ3) is 6.74. The monoisotopic (exact) mass is 436 g/mol. The zero-order valence-corrected chi connectivity index (χ0v) is 19.7. The molecule has 1 amide bonds. The number of ether oxygens (including phenoxy) is 1. The summed E-state index contributed by atoms with van der Waals surface area (Å²) in [6.45, 7) is 9.25. The van der Waals surface area contributed by atoms with Crippen molar-refractivity contribution >= 4 is 11.9 Å². The van der Waals surface area contributed by atoms with Crippen molar-refractivity contribution in [3.05, 3.63) is 65.2 Å². The van der Waals surface area contributed by atoms with Gasteiger partial charge in [-0.2, -0.15) is 0 Å². The van der Waals surface area contributed by atoms with E-state index in [-0.39, 0.29) is 11.9 Å². The number of nitrogens with one attached hydrogen (secondary N) is 2. The summed E-state index contributed by atoms with van der Waals surface area (Å²) < 4.78 is 5.76. The maximum atomic E-state index is 12.5. The first kappa shape index (κ1) is 23.6. The number of amides is 1. The molecule has 2 N–H and O–H groups in total. The van der Waals surface area contributed by atoms with Gasteiger partial charge in [-0.15, -0.1) is 0 Å². The smallest absolute Gasteiger partial charge is 0.223 e. The SMILES string of the molecule is CN=C(NCCCC(=O)N1Cc2ccccc2C1)NC(C)c1ccc(OCC(C)C)cc1. The highest BCUT2D eigenvalue weighted by molar-refractivity contribution is 5.80. The van der Waals surface area contributed by atoms with Crippen molar-refractivity contribution in [1.29, 1.82) is 0 Å². The van der Waals surface area contributed by atoms with E-state index in [1.807, 2.05) is 29.2 Å². The molecule has 0 radical (unpaired) electrons. The van der Waals surface area contributed by atoms with Gasteiger partial charge in [0, 0.05) is 33.1 Å². The fraction of sp³-hybridized carbons (Fsp3) is 0.462. The summed E-state index contributed by atoms with van der Waals surface area (Å²) in [4.78, 5) is 18.8. The number of aliphatic imine (C=N–C) groups is 1. The van der Waals surface area contributed by atoms with E-state index < -0.39 is 0 Å². The zero-order chi connectivity index (χ0) is 22.9. The van der Waals surface area contributed by atoms with Crippen molar-refractivity contribution in [3.8, 4) is 5.75 Å². The zero-order valence-electron chi connectivity index (χ0n) is 19.7. The number of rotatable bonds is 9. The molecule has 2 aromatic carbocycles. The minimum Gasteiger partial charge on any atom is -0.493 e. The van der Waals surface area contributed by atoms with E-state index >= 15 is 0 Å². The molecule has 32 heavy (non-hydrogen) atoms. The van der Waals surface area contributed by atoms with Crippen LogP contribution in [0.3, 0.4) is 0 Å². The Kier molecular flexibility index (Phi) is 8.54. The molecular weight excluding hydrogens is 400 g/mol. The summed E-state index contributed by atoms with van der Waals surface area (Å²) in [6, 6.07) is 16.5. The van der Waals surface area contributed by atoms with Crippen molar-refractivity contribution in [3.63, 3.8) is 0 Å². The van der Waals surface area contributed by atoms with Crippen LogP contribution >= 0.6 is 0 Å². The van der Waals surface area contributed by atoms with Crippen molar-refractivity contribution in [2.24, 2.45) is 10.9 Å². The number of fused-ring (bicyclic) bond motifs is 1. The van der Waals surface area contributed by atoms with Crippen LogP contribution in [0.2, 0.25) is 0 Å². The maximum Gasteiger partial charge on any atom is 0.223 e. The molecule has 1 aliphatic rings. The van der Waals surface area contributed by atoms with Crippen molar-refractivity contribution in [1.82, 2.24) is 15.5 Å². The molecule has 0 spiro atoms. The molecule has 172 valence electrons. The van der Waals surface area contributed by atoms with Gasteiger partial charge in [0.25, 0.3) is 0 Å². The molecular formula is C26H36N4O2. The highest BCUT2D eigenvalue weighted by Crippen LogP contribution is 2.23. The average molecular weight is 437 g/mol. The summed E-state index contributed by atoms with van der Waals surface area (Å²) in [5.41, 5.74) is 3.68. The van der Waals surface area contributed by atoms with Gasteiger partial charge in [0.2, 0.25) is 5.91 Å². The normalized spacial score (nSPS) is 14.3. The fourth-order valence-electron chi connectivity index (χ4n) is 3.71. The Morgan fingerprint density at radius 3 is 2.31 bits per heavy atom. The third-order valence-electron chi connectivity index (χ3n) is 5.59. The summed E-state index contributed by atoms with van der Waals surface area (Å²) in [6.07, 6.45) is 1.30. The Morgan fingerprint density at radius 1 is 1.06 bits per heavy atom. The molecule has 0 fully saturated rings. The highest BCUT2D eigenvalue weighted by Gasteiger charge is 2.22. The van der Waals surface area contributed by atoms with Crippen LogP contribution in [0.4, 0.5) is 0 Å².